The maximum Gasteiger partial charge on any atom is 0.309 e. The molecule has 0 spiro atoms. The Hall–Kier alpha value is -1.03. The van der Waals surface area contributed by atoms with Crippen molar-refractivity contribution < 1.29 is 12.6 Å². The van der Waals surface area contributed by atoms with Gasteiger partial charge in [0.25, 0.3) is 0 Å². The summed E-state index contributed by atoms with van der Waals surface area (Å²) in [6.45, 7) is 0. The molecule has 0 saturated heterocycles. The van der Waals surface area contributed by atoms with Crippen LogP contribution in [0.4, 0.5) is 0 Å². The van der Waals surface area contributed by atoms with Crippen LogP contribution in [0.5, 0.6) is 5.75 Å². The molecule has 4 aliphatic carbocycles. The van der Waals surface area contributed by atoms with Gasteiger partial charge in [0.05, 0.1) is 5.75 Å². The summed E-state index contributed by atoms with van der Waals surface area (Å²) in [5.74, 6) is 2.94. The molecule has 1 aromatic carbocycles. The van der Waals surface area contributed by atoms with E-state index in [2.05, 4.69) is 0 Å². The molecule has 4 heteroatoms. The number of para-hydroxylation sites is 1. The molecule has 0 N–H and O–H groups in total. The van der Waals surface area contributed by atoms with E-state index in [1.165, 1.54) is 19.3 Å². The first-order chi connectivity index (χ1) is 10.0. The van der Waals surface area contributed by atoms with Crippen LogP contribution in [-0.2, 0) is 10.1 Å². The van der Waals surface area contributed by atoms with Crippen LogP contribution in [0.15, 0.2) is 30.3 Å². The van der Waals surface area contributed by atoms with Gasteiger partial charge in [-0.3, -0.25) is 0 Å². The van der Waals surface area contributed by atoms with E-state index in [4.69, 9.17) is 4.18 Å². The molecule has 0 radical (unpaired) electrons. The summed E-state index contributed by atoms with van der Waals surface area (Å²) < 4.78 is 30.2. The summed E-state index contributed by atoms with van der Waals surface area (Å²) in [6.07, 6.45) is 7.28. The first-order valence-corrected chi connectivity index (χ1v) is 9.57. The van der Waals surface area contributed by atoms with E-state index < -0.39 is 10.1 Å². The van der Waals surface area contributed by atoms with E-state index >= 15 is 0 Å². The van der Waals surface area contributed by atoms with Crippen LogP contribution in [0.1, 0.15) is 38.5 Å². The Morgan fingerprint density at radius 2 is 1.48 bits per heavy atom. The molecule has 4 fully saturated rings. The fourth-order valence-corrected chi connectivity index (χ4v) is 7.06. The zero-order chi connectivity index (χ0) is 14.5. The van der Waals surface area contributed by atoms with Gasteiger partial charge in [-0.15, -0.1) is 0 Å². The molecule has 1 aromatic rings. The standard InChI is InChI=1S/C17H22O3S/c18-21(19,20-16-4-2-1-3-5-16)12-17-9-13-6-14(10-17)8-15(7-13)11-17/h1-5,13-15H,6-12H2. The second-order valence-corrected chi connectivity index (χ2v) is 9.09. The molecule has 4 saturated carbocycles. The summed E-state index contributed by atoms with van der Waals surface area (Å²) in [5.41, 5.74) is 0.00234. The Morgan fingerprint density at radius 3 is 2.00 bits per heavy atom. The number of benzene rings is 1. The summed E-state index contributed by atoms with van der Waals surface area (Å²) in [5, 5.41) is 0. The van der Waals surface area contributed by atoms with Crippen LogP contribution in [0.25, 0.3) is 0 Å². The molecule has 114 valence electrons. The molecule has 0 aromatic heterocycles. The van der Waals surface area contributed by atoms with Crippen molar-refractivity contribution in [3.05, 3.63) is 30.3 Å². The van der Waals surface area contributed by atoms with E-state index in [-0.39, 0.29) is 11.2 Å². The van der Waals surface area contributed by atoms with Crippen LogP contribution in [0, 0.1) is 23.2 Å². The second-order valence-electron chi connectivity index (χ2n) is 7.52. The van der Waals surface area contributed by atoms with Crippen molar-refractivity contribution in [3.8, 4) is 5.75 Å². The third-order valence-electron chi connectivity index (χ3n) is 5.61. The topological polar surface area (TPSA) is 43.4 Å². The van der Waals surface area contributed by atoms with Gasteiger partial charge in [0.2, 0.25) is 0 Å². The van der Waals surface area contributed by atoms with Gasteiger partial charge in [-0.1, -0.05) is 18.2 Å². The first-order valence-electron chi connectivity index (χ1n) is 7.99. The van der Waals surface area contributed by atoms with Crippen molar-refractivity contribution in [2.24, 2.45) is 23.2 Å². The zero-order valence-corrected chi connectivity index (χ0v) is 13.0. The normalized spacial score (nSPS) is 37.6. The molecule has 3 nitrogen and oxygen atoms in total. The predicted molar refractivity (Wildman–Crippen MR) is 81.5 cm³/mol. The Morgan fingerprint density at radius 1 is 0.952 bits per heavy atom. The summed E-state index contributed by atoms with van der Waals surface area (Å²) in [7, 11) is -3.50. The van der Waals surface area contributed by atoms with Crippen LogP contribution < -0.4 is 4.18 Å². The maximum atomic E-state index is 12.5. The number of rotatable bonds is 4. The average Bonchev–Trinajstić information content (AvgIpc) is 2.35. The van der Waals surface area contributed by atoms with Gasteiger partial charge in [-0.05, 0) is 73.8 Å². The lowest BCUT2D eigenvalue weighted by Crippen LogP contribution is -2.49. The largest absolute Gasteiger partial charge is 0.382 e. The van der Waals surface area contributed by atoms with Gasteiger partial charge >= 0.3 is 10.1 Å². The van der Waals surface area contributed by atoms with Gasteiger partial charge in [0.1, 0.15) is 5.75 Å². The average molecular weight is 306 g/mol. The van der Waals surface area contributed by atoms with E-state index in [0.717, 1.165) is 37.0 Å². The Bertz CT molecular complexity index is 585. The van der Waals surface area contributed by atoms with Gasteiger partial charge in [-0.25, -0.2) is 0 Å². The van der Waals surface area contributed by atoms with Crippen molar-refractivity contribution in [2.45, 2.75) is 38.5 Å². The zero-order valence-electron chi connectivity index (χ0n) is 12.2. The number of hydrogen-bond donors (Lipinski definition) is 0. The van der Waals surface area contributed by atoms with Gasteiger partial charge in [-0.2, -0.15) is 8.42 Å². The quantitative estimate of drug-likeness (QED) is 0.798. The van der Waals surface area contributed by atoms with Crippen LogP contribution >= 0.6 is 0 Å². The maximum absolute atomic E-state index is 12.5. The van der Waals surface area contributed by atoms with E-state index in [0.29, 0.717) is 5.75 Å². The third-order valence-corrected chi connectivity index (χ3v) is 7.03. The van der Waals surface area contributed by atoms with E-state index in [1.807, 2.05) is 6.07 Å². The minimum atomic E-state index is -3.50. The van der Waals surface area contributed by atoms with E-state index in [9.17, 15) is 8.42 Å². The van der Waals surface area contributed by atoms with Gasteiger partial charge in [0, 0.05) is 0 Å². The van der Waals surface area contributed by atoms with Gasteiger partial charge < -0.3 is 4.18 Å². The van der Waals surface area contributed by atoms with Crippen LogP contribution in [0.2, 0.25) is 0 Å². The Labute approximate surface area is 126 Å². The second kappa shape index (κ2) is 4.73. The summed E-state index contributed by atoms with van der Waals surface area (Å²) in [6, 6.07) is 8.87. The SMILES string of the molecule is O=S(=O)(CC12CC3CC(CC(C3)C1)C2)Oc1ccccc1. The molecule has 4 aliphatic rings. The third kappa shape index (κ3) is 2.70. The lowest BCUT2D eigenvalue weighted by molar-refractivity contribution is -0.0395. The highest BCUT2D eigenvalue weighted by atomic mass is 32.2. The van der Waals surface area contributed by atoms with Crippen molar-refractivity contribution in [1.29, 1.82) is 0 Å². The lowest BCUT2D eigenvalue weighted by Gasteiger charge is -2.56. The predicted octanol–water partition coefficient (Wildman–Crippen LogP) is 3.61. The van der Waals surface area contributed by atoms with Crippen molar-refractivity contribution in [2.75, 3.05) is 5.75 Å². The first kappa shape index (κ1) is 13.6. The molecule has 0 aliphatic heterocycles. The molecule has 21 heavy (non-hydrogen) atoms. The van der Waals surface area contributed by atoms with Crippen molar-refractivity contribution >= 4 is 10.1 Å². The molecular formula is C17H22O3S. The molecule has 4 bridgehead atoms. The fourth-order valence-electron chi connectivity index (χ4n) is 5.49. The van der Waals surface area contributed by atoms with Crippen LogP contribution in [0.3, 0.4) is 0 Å². The molecule has 5 rings (SSSR count). The van der Waals surface area contributed by atoms with Crippen LogP contribution in [-0.4, -0.2) is 14.2 Å². The number of hydrogen-bond acceptors (Lipinski definition) is 3. The smallest absolute Gasteiger partial charge is 0.309 e. The van der Waals surface area contributed by atoms with Crippen molar-refractivity contribution in [3.63, 3.8) is 0 Å². The van der Waals surface area contributed by atoms with Crippen molar-refractivity contribution in [1.82, 2.24) is 0 Å². The molecule has 0 unspecified atom stereocenters. The minimum Gasteiger partial charge on any atom is -0.382 e. The molecule has 0 atom stereocenters. The Kier molecular flexibility index (Phi) is 3.07. The Balaban J connectivity index is 1.52. The molecule has 0 amide bonds. The summed E-state index contributed by atoms with van der Waals surface area (Å²) in [4.78, 5) is 0. The van der Waals surface area contributed by atoms with E-state index in [1.54, 1.807) is 24.3 Å². The summed E-state index contributed by atoms with van der Waals surface area (Å²) >= 11 is 0. The highest BCUT2D eigenvalue weighted by molar-refractivity contribution is 7.87. The molecular weight excluding hydrogens is 284 g/mol. The fraction of sp³-hybridized carbons (Fsp3) is 0.647. The minimum absolute atomic E-state index is 0.00234. The highest BCUT2D eigenvalue weighted by Gasteiger charge is 2.52. The highest BCUT2D eigenvalue weighted by Crippen LogP contribution is 2.60. The molecule has 0 heterocycles. The van der Waals surface area contributed by atoms with Gasteiger partial charge in [0.15, 0.2) is 0 Å². The monoisotopic (exact) mass is 306 g/mol. The lowest BCUT2D eigenvalue weighted by atomic mass is 9.50.